The lowest BCUT2D eigenvalue weighted by Gasteiger charge is -2.07. The first-order valence-corrected chi connectivity index (χ1v) is 4.19. The van der Waals surface area contributed by atoms with E-state index < -0.39 is 5.97 Å². The standard InChI is InChI=1S/C9H12N2O3/c1-3-4-6(2)10-9-11-7(5-14-9)8(12)13/h3,5-6H,1,4H2,2H3,(H,10,11)(H,12,13). The molecule has 5 nitrogen and oxygen atoms in total. The van der Waals surface area contributed by atoms with Crippen molar-refractivity contribution in [3.8, 4) is 0 Å². The average Bonchev–Trinajstić information content (AvgIpc) is 2.53. The molecule has 1 unspecified atom stereocenters. The van der Waals surface area contributed by atoms with Crippen molar-refractivity contribution in [3.05, 3.63) is 24.6 Å². The second kappa shape index (κ2) is 4.45. The van der Waals surface area contributed by atoms with E-state index >= 15 is 0 Å². The van der Waals surface area contributed by atoms with E-state index in [0.29, 0.717) is 0 Å². The number of carboxylic acids is 1. The van der Waals surface area contributed by atoms with Crippen LogP contribution in [-0.4, -0.2) is 22.1 Å². The molecular weight excluding hydrogens is 184 g/mol. The molecular formula is C9H12N2O3. The van der Waals surface area contributed by atoms with Crippen LogP contribution in [0.15, 0.2) is 23.3 Å². The molecule has 1 aromatic rings. The zero-order valence-electron chi connectivity index (χ0n) is 7.86. The van der Waals surface area contributed by atoms with Crippen molar-refractivity contribution < 1.29 is 14.3 Å². The van der Waals surface area contributed by atoms with Gasteiger partial charge >= 0.3 is 5.97 Å². The summed E-state index contributed by atoms with van der Waals surface area (Å²) >= 11 is 0. The third kappa shape index (κ3) is 2.62. The van der Waals surface area contributed by atoms with E-state index in [1.54, 1.807) is 6.08 Å². The van der Waals surface area contributed by atoms with Gasteiger partial charge in [0.25, 0.3) is 6.01 Å². The van der Waals surface area contributed by atoms with Crippen LogP contribution >= 0.6 is 0 Å². The van der Waals surface area contributed by atoms with Gasteiger partial charge in [-0.05, 0) is 13.3 Å². The van der Waals surface area contributed by atoms with Gasteiger partial charge in [0.15, 0.2) is 5.69 Å². The van der Waals surface area contributed by atoms with Crippen LogP contribution < -0.4 is 5.32 Å². The first-order valence-electron chi connectivity index (χ1n) is 4.19. The molecule has 2 N–H and O–H groups in total. The lowest BCUT2D eigenvalue weighted by atomic mass is 10.2. The van der Waals surface area contributed by atoms with E-state index in [2.05, 4.69) is 16.9 Å². The summed E-state index contributed by atoms with van der Waals surface area (Å²) in [6, 6.07) is 0.338. The fourth-order valence-electron chi connectivity index (χ4n) is 0.958. The molecule has 0 fully saturated rings. The van der Waals surface area contributed by atoms with Crippen LogP contribution in [0.3, 0.4) is 0 Å². The zero-order valence-corrected chi connectivity index (χ0v) is 7.86. The lowest BCUT2D eigenvalue weighted by Crippen LogP contribution is -2.14. The molecule has 1 aromatic heterocycles. The van der Waals surface area contributed by atoms with Gasteiger partial charge in [-0.1, -0.05) is 6.08 Å². The number of aromatic carboxylic acids is 1. The van der Waals surface area contributed by atoms with Gasteiger partial charge in [0.2, 0.25) is 0 Å². The van der Waals surface area contributed by atoms with Gasteiger partial charge in [0.05, 0.1) is 0 Å². The van der Waals surface area contributed by atoms with Crippen LogP contribution in [0.5, 0.6) is 0 Å². The highest BCUT2D eigenvalue weighted by atomic mass is 16.4. The minimum absolute atomic E-state index is 0.0988. The molecule has 0 aliphatic carbocycles. The third-order valence-electron chi connectivity index (χ3n) is 1.61. The molecule has 0 aromatic carbocycles. The molecule has 1 rings (SSSR count). The fourth-order valence-corrected chi connectivity index (χ4v) is 0.958. The Kier molecular flexibility index (Phi) is 3.28. The van der Waals surface area contributed by atoms with Gasteiger partial charge in [-0.25, -0.2) is 4.79 Å². The minimum Gasteiger partial charge on any atom is -0.476 e. The third-order valence-corrected chi connectivity index (χ3v) is 1.61. The Balaban J connectivity index is 2.59. The van der Waals surface area contributed by atoms with Gasteiger partial charge in [0.1, 0.15) is 6.26 Å². The molecule has 0 radical (unpaired) electrons. The monoisotopic (exact) mass is 196 g/mol. The number of hydrogen-bond donors (Lipinski definition) is 2. The molecule has 76 valence electrons. The molecule has 14 heavy (non-hydrogen) atoms. The number of nitrogens with zero attached hydrogens (tertiary/aromatic N) is 1. The summed E-state index contributed by atoms with van der Waals surface area (Å²) in [5.41, 5.74) is -0.0988. The van der Waals surface area contributed by atoms with Gasteiger partial charge in [-0.2, -0.15) is 4.98 Å². The first-order chi connectivity index (χ1) is 6.63. The summed E-state index contributed by atoms with van der Waals surface area (Å²) in [6.45, 7) is 5.51. The number of hydrogen-bond acceptors (Lipinski definition) is 4. The van der Waals surface area contributed by atoms with Gasteiger partial charge in [0, 0.05) is 6.04 Å². The smallest absolute Gasteiger partial charge is 0.357 e. The maximum Gasteiger partial charge on any atom is 0.357 e. The van der Waals surface area contributed by atoms with Crippen molar-refractivity contribution in [3.63, 3.8) is 0 Å². The van der Waals surface area contributed by atoms with Crippen LogP contribution in [-0.2, 0) is 0 Å². The van der Waals surface area contributed by atoms with E-state index in [9.17, 15) is 4.79 Å². The Bertz CT molecular complexity index is 333. The van der Waals surface area contributed by atoms with E-state index in [4.69, 9.17) is 9.52 Å². The number of carbonyl (C=O) groups is 1. The van der Waals surface area contributed by atoms with Crippen molar-refractivity contribution in [2.45, 2.75) is 19.4 Å². The van der Waals surface area contributed by atoms with Gasteiger partial charge < -0.3 is 14.8 Å². The highest BCUT2D eigenvalue weighted by Gasteiger charge is 2.11. The van der Waals surface area contributed by atoms with Crippen LogP contribution in [0.2, 0.25) is 0 Å². The molecule has 0 bridgehead atoms. The lowest BCUT2D eigenvalue weighted by molar-refractivity contribution is 0.0690. The van der Waals surface area contributed by atoms with Crippen molar-refractivity contribution in [1.29, 1.82) is 0 Å². The Hall–Kier alpha value is -1.78. The zero-order chi connectivity index (χ0) is 10.6. The Labute approximate surface area is 81.5 Å². The van der Waals surface area contributed by atoms with E-state index in [1.807, 2.05) is 6.92 Å². The van der Waals surface area contributed by atoms with Gasteiger partial charge in [-0.3, -0.25) is 0 Å². The Morgan fingerprint density at radius 3 is 3.14 bits per heavy atom. The number of carboxylic acid groups (broad SMARTS) is 1. The molecule has 0 spiro atoms. The average molecular weight is 196 g/mol. The molecule has 1 heterocycles. The topological polar surface area (TPSA) is 75.4 Å². The van der Waals surface area contributed by atoms with E-state index in [-0.39, 0.29) is 17.8 Å². The fraction of sp³-hybridized carbons (Fsp3) is 0.333. The second-order valence-corrected chi connectivity index (χ2v) is 2.91. The quantitative estimate of drug-likeness (QED) is 0.701. The number of oxazole rings is 1. The number of rotatable bonds is 5. The SMILES string of the molecule is C=CCC(C)Nc1nc(C(=O)O)co1. The normalized spacial score (nSPS) is 12.1. The molecule has 1 atom stereocenters. The maximum atomic E-state index is 10.5. The van der Waals surface area contributed by atoms with Crippen LogP contribution in [0.4, 0.5) is 6.01 Å². The highest BCUT2D eigenvalue weighted by Crippen LogP contribution is 2.09. The van der Waals surface area contributed by atoms with E-state index in [1.165, 1.54) is 0 Å². The van der Waals surface area contributed by atoms with Crippen LogP contribution in [0.1, 0.15) is 23.8 Å². The van der Waals surface area contributed by atoms with Crippen molar-refractivity contribution in [2.75, 3.05) is 5.32 Å². The van der Waals surface area contributed by atoms with Crippen molar-refractivity contribution in [2.24, 2.45) is 0 Å². The predicted octanol–water partition coefficient (Wildman–Crippen LogP) is 1.75. The van der Waals surface area contributed by atoms with Crippen molar-refractivity contribution >= 4 is 12.0 Å². The molecule has 0 amide bonds. The van der Waals surface area contributed by atoms with Crippen molar-refractivity contribution in [1.82, 2.24) is 4.98 Å². The second-order valence-electron chi connectivity index (χ2n) is 2.91. The number of nitrogens with one attached hydrogen (secondary N) is 1. The Morgan fingerprint density at radius 1 is 1.93 bits per heavy atom. The molecule has 0 saturated heterocycles. The summed E-state index contributed by atoms with van der Waals surface area (Å²) in [7, 11) is 0. The largest absolute Gasteiger partial charge is 0.476 e. The number of aromatic nitrogens is 1. The summed E-state index contributed by atoms with van der Waals surface area (Å²) < 4.78 is 4.91. The van der Waals surface area contributed by atoms with Crippen LogP contribution in [0, 0.1) is 0 Å². The highest BCUT2D eigenvalue weighted by molar-refractivity contribution is 5.85. The Morgan fingerprint density at radius 2 is 2.64 bits per heavy atom. The number of anilines is 1. The van der Waals surface area contributed by atoms with Gasteiger partial charge in [-0.15, -0.1) is 6.58 Å². The summed E-state index contributed by atoms with van der Waals surface area (Å²) in [6.07, 6.45) is 3.62. The molecule has 0 aliphatic rings. The summed E-state index contributed by atoms with van der Waals surface area (Å²) in [5, 5.41) is 11.5. The summed E-state index contributed by atoms with van der Waals surface area (Å²) in [4.78, 5) is 14.2. The molecule has 5 heteroatoms. The van der Waals surface area contributed by atoms with Crippen LogP contribution in [0.25, 0.3) is 0 Å². The first kappa shape index (κ1) is 10.3. The van der Waals surface area contributed by atoms with E-state index in [0.717, 1.165) is 12.7 Å². The minimum atomic E-state index is -1.10. The summed E-state index contributed by atoms with van der Waals surface area (Å²) in [5.74, 6) is -1.10. The molecule has 0 aliphatic heterocycles. The predicted molar refractivity (Wildman–Crippen MR) is 51.4 cm³/mol. The maximum absolute atomic E-state index is 10.5. The molecule has 0 saturated carbocycles.